The minimum atomic E-state index is -0.515. The first-order valence-corrected chi connectivity index (χ1v) is 9.62. The fourth-order valence-corrected chi connectivity index (χ4v) is 2.87. The van der Waals surface area contributed by atoms with Gasteiger partial charge in [0.15, 0.2) is 0 Å². The van der Waals surface area contributed by atoms with E-state index in [-0.39, 0.29) is 5.97 Å². The predicted molar refractivity (Wildman–Crippen MR) is 118 cm³/mol. The molecular weight excluding hydrogens is 360 g/mol. The third-order valence-corrected chi connectivity index (χ3v) is 4.27. The molecule has 3 heteroatoms. The lowest BCUT2D eigenvalue weighted by Crippen LogP contribution is -2.23. The Labute approximate surface area is 172 Å². The monoisotopic (exact) mass is 386 g/mol. The van der Waals surface area contributed by atoms with Crippen molar-refractivity contribution in [3.8, 4) is 16.9 Å². The van der Waals surface area contributed by atoms with Crippen molar-refractivity contribution in [3.63, 3.8) is 0 Å². The first-order chi connectivity index (χ1) is 13.8. The molecule has 0 radical (unpaired) electrons. The average molecular weight is 386 g/mol. The van der Waals surface area contributed by atoms with Gasteiger partial charge in [0.05, 0.1) is 5.56 Å². The van der Waals surface area contributed by atoms with E-state index in [1.54, 1.807) is 18.2 Å². The zero-order valence-electron chi connectivity index (χ0n) is 17.1. The van der Waals surface area contributed by atoms with Gasteiger partial charge in [0.1, 0.15) is 18.0 Å². The quantitative estimate of drug-likeness (QED) is 0.452. The largest absolute Gasteiger partial charge is 0.489 e. The summed E-state index contributed by atoms with van der Waals surface area (Å²) in [5, 5.41) is 0. The van der Waals surface area contributed by atoms with Crippen LogP contribution in [-0.4, -0.2) is 11.6 Å². The molecule has 29 heavy (non-hydrogen) atoms. The highest BCUT2D eigenvalue weighted by Crippen LogP contribution is 2.28. The zero-order chi connectivity index (χ0) is 20.9. The summed E-state index contributed by atoms with van der Waals surface area (Å²) < 4.78 is 11.4. The summed E-state index contributed by atoms with van der Waals surface area (Å²) in [6.07, 6.45) is 1.80. The van der Waals surface area contributed by atoms with E-state index < -0.39 is 5.60 Å². The normalized spacial score (nSPS) is 11.0. The molecule has 0 fully saturated rings. The Hall–Kier alpha value is -3.33. The summed E-state index contributed by atoms with van der Waals surface area (Å²) >= 11 is 0. The number of rotatable bonds is 6. The van der Waals surface area contributed by atoms with Gasteiger partial charge in [-0.2, -0.15) is 0 Å². The molecule has 0 heterocycles. The molecule has 0 aliphatic carbocycles. The summed E-state index contributed by atoms with van der Waals surface area (Å²) in [4.78, 5) is 12.2. The van der Waals surface area contributed by atoms with Gasteiger partial charge in [0.2, 0.25) is 0 Å². The molecule has 0 bridgehead atoms. The Morgan fingerprint density at radius 2 is 1.62 bits per heavy atom. The van der Waals surface area contributed by atoms with Gasteiger partial charge in [-0.05, 0) is 73.4 Å². The maximum atomic E-state index is 12.2. The molecule has 0 saturated heterocycles. The SMILES string of the molecule is C=Cc1cc(OCc2ccccc2)cc(-c2ccc(C(=O)OC(C)(C)C)cc2)c1. The van der Waals surface area contributed by atoms with E-state index in [4.69, 9.17) is 9.47 Å². The van der Waals surface area contributed by atoms with Crippen LogP contribution in [0.2, 0.25) is 0 Å². The fraction of sp³-hybridized carbons (Fsp3) is 0.192. The predicted octanol–water partition coefficient (Wildman–Crippen LogP) is 6.53. The van der Waals surface area contributed by atoms with Gasteiger partial charge in [-0.25, -0.2) is 4.79 Å². The molecule has 3 rings (SSSR count). The van der Waals surface area contributed by atoms with Crippen LogP contribution < -0.4 is 4.74 Å². The van der Waals surface area contributed by atoms with Crippen molar-refractivity contribution in [3.05, 3.63) is 96.1 Å². The highest BCUT2D eigenvalue weighted by molar-refractivity contribution is 5.90. The molecule has 0 atom stereocenters. The van der Waals surface area contributed by atoms with Crippen LogP contribution in [0.5, 0.6) is 5.75 Å². The second-order valence-corrected chi connectivity index (χ2v) is 7.85. The molecular formula is C26H26O3. The van der Waals surface area contributed by atoms with Gasteiger partial charge < -0.3 is 9.47 Å². The number of carbonyl (C=O) groups excluding carboxylic acids is 1. The minimum absolute atomic E-state index is 0.323. The van der Waals surface area contributed by atoms with Crippen LogP contribution in [0.4, 0.5) is 0 Å². The second kappa shape index (κ2) is 8.78. The van der Waals surface area contributed by atoms with E-state index in [0.717, 1.165) is 28.0 Å². The van der Waals surface area contributed by atoms with Crippen molar-refractivity contribution in [2.75, 3.05) is 0 Å². The second-order valence-electron chi connectivity index (χ2n) is 7.85. The smallest absolute Gasteiger partial charge is 0.338 e. The Balaban J connectivity index is 1.80. The molecule has 0 saturated carbocycles. The molecule has 148 valence electrons. The van der Waals surface area contributed by atoms with E-state index in [1.165, 1.54) is 0 Å². The first kappa shape index (κ1) is 20.4. The van der Waals surface area contributed by atoms with E-state index in [1.807, 2.05) is 81.4 Å². The van der Waals surface area contributed by atoms with Crippen LogP contribution in [0.25, 0.3) is 17.2 Å². The van der Waals surface area contributed by atoms with Crippen LogP contribution in [0, 0.1) is 0 Å². The van der Waals surface area contributed by atoms with Crippen LogP contribution in [0.3, 0.4) is 0 Å². The number of carbonyl (C=O) groups is 1. The summed E-state index contributed by atoms with van der Waals surface area (Å²) in [6, 6.07) is 23.5. The van der Waals surface area contributed by atoms with Gasteiger partial charge in [0.25, 0.3) is 0 Å². The van der Waals surface area contributed by atoms with E-state index in [2.05, 4.69) is 6.58 Å². The van der Waals surface area contributed by atoms with Crippen LogP contribution in [0.1, 0.15) is 42.3 Å². The molecule has 0 aliphatic rings. The Kier molecular flexibility index (Phi) is 6.18. The summed E-state index contributed by atoms with van der Waals surface area (Å²) in [6.45, 7) is 9.95. The van der Waals surface area contributed by atoms with Gasteiger partial charge in [-0.1, -0.05) is 55.1 Å². The minimum Gasteiger partial charge on any atom is -0.489 e. The third kappa shape index (κ3) is 5.82. The van der Waals surface area contributed by atoms with Gasteiger partial charge in [-0.3, -0.25) is 0 Å². The summed E-state index contributed by atoms with van der Waals surface area (Å²) in [5.74, 6) is 0.452. The van der Waals surface area contributed by atoms with Crippen molar-refractivity contribution < 1.29 is 14.3 Å². The highest BCUT2D eigenvalue weighted by Gasteiger charge is 2.17. The molecule has 0 spiro atoms. The average Bonchev–Trinajstić information content (AvgIpc) is 2.71. The standard InChI is InChI=1S/C26H26O3/c1-5-19-15-23(17-24(16-19)28-18-20-9-7-6-8-10-20)21-11-13-22(14-12-21)25(27)29-26(2,3)4/h5-17H,1,18H2,2-4H3. The lowest BCUT2D eigenvalue weighted by atomic mass is 10.0. The fourth-order valence-electron chi connectivity index (χ4n) is 2.87. The van der Waals surface area contributed by atoms with Gasteiger partial charge >= 0.3 is 5.97 Å². The summed E-state index contributed by atoms with van der Waals surface area (Å²) in [7, 11) is 0. The van der Waals surface area contributed by atoms with E-state index in [9.17, 15) is 4.79 Å². The lowest BCUT2D eigenvalue weighted by molar-refractivity contribution is 0.00695. The van der Waals surface area contributed by atoms with Gasteiger partial charge in [-0.15, -0.1) is 0 Å². The van der Waals surface area contributed by atoms with Crippen molar-refractivity contribution in [1.29, 1.82) is 0 Å². The summed E-state index contributed by atoms with van der Waals surface area (Å²) in [5.41, 5.74) is 4.09. The maximum Gasteiger partial charge on any atom is 0.338 e. The van der Waals surface area contributed by atoms with Crippen molar-refractivity contribution in [2.45, 2.75) is 33.0 Å². The number of esters is 1. The molecule has 3 aromatic carbocycles. The van der Waals surface area contributed by atoms with E-state index >= 15 is 0 Å². The molecule has 0 aliphatic heterocycles. The van der Waals surface area contributed by atoms with Crippen molar-refractivity contribution in [1.82, 2.24) is 0 Å². The molecule has 3 nitrogen and oxygen atoms in total. The lowest BCUT2D eigenvalue weighted by Gasteiger charge is -2.19. The molecule has 0 N–H and O–H groups in total. The molecule has 3 aromatic rings. The molecule has 0 unspecified atom stereocenters. The Morgan fingerprint density at radius 1 is 0.931 bits per heavy atom. The van der Waals surface area contributed by atoms with E-state index in [0.29, 0.717) is 12.2 Å². The molecule has 0 aromatic heterocycles. The van der Waals surface area contributed by atoms with Crippen LogP contribution in [-0.2, 0) is 11.3 Å². The Bertz CT molecular complexity index is 981. The first-order valence-electron chi connectivity index (χ1n) is 9.62. The molecule has 0 amide bonds. The Morgan fingerprint density at radius 3 is 2.24 bits per heavy atom. The van der Waals surface area contributed by atoms with Crippen LogP contribution in [0.15, 0.2) is 79.4 Å². The number of hydrogen-bond acceptors (Lipinski definition) is 3. The van der Waals surface area contributed by atoms with Crippen LogP contribution >= 0.6 is 0 Å². The third-order valence-electron chi connectivity index (χ3n) is 4.27. The van der Waals surface area contributed by atoms with Gasteiger partial charge in [0, 0.05) is 0 Å². The number of hydrogen-bond donors (Lipinski definition) is 0. The zero-order valence-corrected chi connectivity index (χ0v) is 17.1. The topological polar surface area (TPSA) is 35.5 Å². The van der Waals surface area contributed by atoms with Crippen molar-refractivity contribution in [2.24, 2.45) is 0 Å². The van der Waals surface area contributed by atoms with Crippen molar-refractivity contribution >= 4 is 12.0 Å². The highest BCUT2D eigenvalue weighted by atomic mass is 16.6. The number of benzene rings is 3. The number of ether oxygens (including phenoxy) is 2. The maximum absolute atomic E-state index is 12.2.